The Bertz CT molecular complexity index is 1020. The first-order chi connectivity index (χ1) is 16.0. The molecule has 0 radical (unpaired) electrons. The second-order valence-electron chi connectivity index (χ2n) is 7.65. The average molecular weight is 455 g/mol. The molecule has 0 saturated carbocycles. The lowest BCUT2D eigenvalue weighted by molar-refractivity contribution is -0.138. The first-order valence-electron chi connectivity index (χ1n) is 10.7. The highest BCUT2D eigenvalue weighted by molar-refractivity contribution is 5.98. The summed E-state index contributed by atoms with van der Waals surface area (Å²) in [6, 6.07) is 11.9. The number of nitrogens with zero attached hydrogens (tertiary/aromatic N) is 1. The van der Waals surface area contributed by atoms with Gasteiger partial charge >= 0.3 is 11.9 Å². The van der Waals surface area contributed by atoms with E-state index in [0.717, 1.165) is 50.1 Å². The second kappa shape index (κ2) is 11.4. The summed E-state index contributed by atoms with van der Waals surface area (Å²) < 4.78 is 20.2. The highest BCUT2D eigenvalue weighted by Crippen LogP contribution is 2.33. The first-order valence-corrected chi connectivity index (χ1v) is 10.7. The largest absolute Gasteiger partial charge is 0.493 e. The SMILES string of the molecule is COC(=O)/C=C(/Nc1ccc(CCN2CCc3cc(OC)c(OC)cc3C2)cc1)C(=O)OC. The van der Waals surface area contributed by atoms with Crippen molar-refractivity contribution in [1.82, 2.24) is 4.90 Å². The van der Waals surface area contributed by atoms with Gasteiger partial charge in [-0.1, -0.05) is 12.1 Å². The van der Waals surface area contributed by atoms with Gasteiger partial charge in [-0.15, -0.1) is 0 Å². The summed E-state index contributed by atoms with van der Waals surface area (Å²) in [4.78, 5) is 25.8. The van der Waals surface area contributed by atoms with Gasteiger partial charge in [-0.3, -0.25) is 4.90 Å². The van der Waals surface area contributed by atoms with Gasteiger partial charge in [0.2, 0.25) is 0 Å². The van der Waals surface area contributed by atoms with Crippen LogP contribution in [0.25, 0.3) is 0 Å². The van der Waals surface area contributed by atoms with E-state index in [2.05, 4.69) is 27.1 Å². The van der Waals surface area contributed by atoms with E-state index >= 15 is 0 Å². The van der Waals surface area contributed by atoms with Crippen LogP contribution in [0.4, 0.5) is 5.69 Å². The number of hydrogen-bond acceptors (Lipinski definition) is 8. The number of methoxy groups -OCH3 is 4. The number of anilines is 1. The first kappa shape index (κ1) is 24.1. The normalized spacial score (nSPS) is 13.6. The summed E-state index contributed by atoms with van der Waals surface area (Å²) in [5, 5.41) is 2.91. The van der Waals surface area contributed by atoms with Gasteiger partial charge in [-0.2, -0.15) is 0 Å². The van der Waals surface area contributed by atoms with Crippen molar-refractivity contribution in [2.75, 3.05) is 46.8 Å². The van der Waals surface area contributed by atoms with Crippen LogP contribution in [-0.4, -0.2) is 58.4 Å². The van der Waals surface area contributed by atoms with Gasteiger partial charge in [-0.05, 0) is 53.8 Å². The van der Waals surface area contributed by atoms with Crippen LogP contribution < -0.4 is 14.8 Å². The molecule has 0 unspecified atom stereocenters. The van der Waals surface area contributed by atoms with E-state index in [-0.39, 0.29) is 5.70 Å². The third kappa shape index (κ3) is 6.26. The van der Waals surface area contributed by atoms with Crippen LogP contribution in [0.2, 0.25) is 0 Å². The molecule has 0 saturated heterocycles. The molecule has 0 fully saturated rings. The third-order valence-electron chi connectivity index (χ3n) is 5.62. The fraction of sp³-hybridized carbons (Fsp3) is 0.360. The van der Waals surface area contributed by atoms with Crippen LogP contribution in [0.5, 0.6) is 11.5 Å². The van der Waals surface area contributed by atoms with Gasteiger partial charge in [0.25, 0.3) is 0 Å². The van der Waals surface area contributed by atoms with Gasteiger partial charge in [0.1, 0.15) is 5.70 Å². The van der Waals surface area contributed by atoms with E-state index in [1.807, 2.05) is 24.3 Å². The summed E-state index contributed by atoms with van der Waals surface area (Å²) in [5.41, 5.74) is 4.44. The molecular weight excluding hydrogens is 424 g/mol. The molecule has 33 heavy (non-hydrogen) atoms. The quantitative estimate of drug-likeness (QED) is 0.457. The number of nitrogens with one attached hydrogen (secondary N) is 1. The minimum absolute atomic E-state index is 0.0103. The van der Waals surface area contributed by atoms with Crippen molar-refractivity contribution in [2.45, 2.75) is 19.4 Å². The van der Waals surface area contributed by atoms with E-state index < -0.39 is 11.9 Å². The molecule has 0 atom stereocenters. The average Bonchev–Trinajstić information content (AvgIpc) is 2.86. The maximum atomic E-state index is 11.9. The summed E-state index contributed by atoms with van der Waals surface area (Å²) >= 11 is 0. The molecule has 2 aromatic rings. The number of ether oxygens (including phenoxy) is 4. The number of carbonyl (C=O) groups excluding carboxylic acids is 2. The second-order valence-corrected chi connectivity index (χ2v) is 7.65. The lowest BCUT2D eigenvalue weighted by Gasteiger charge is -2.29. The van der Waals surface area contributed by atoms with E-state index in [1.165, 1.54) is 30.9 Å². The molecule has 8 nitrogen and oxygen atoms in total. The highest BCUT2D eigenvalue weighted by Gasteiger charge is 2.19. The van der Waals surface area contributed by atoms with Gasteiger partial charge in [0.05, 0.1) is 34.5 Å². The number of rotatable bonds is 9. The van der Waals surface area contributed by atoms with Crippen LogP contribution in [0.3, 0.4) is 0 Å². The van der Waals surface area contributed by atoms with Gasteiger partial charge < -0.3 is 24.3 Å². The third-order valence-corrected chi connectivity index (χ3v) is 5.62. The van der Waals surface area contributed by atoms with E-state index in [4.69, 9.17) is 14.2 Å². The van der Waals surface area contributed by atoms with Gasteiger partial charge in [0, 0.05) is 25.3 Å². The zero-order valence-electron chi connectivity index (χ0n) is 19.5. The molecule has 1 N–H and O–H groups in total. The molecule has 2 aromatic carbocycles. The fourth-order valence-corrected chi connectivity index (χ4v) is 3.76. The fourth-order valence-electron chi connectivity index (χ4n) is 3.76. The molecule has 0 bridgehead atoms. The van der Waals surface area contributed by atoms with Crippen LogP contribution in [0.1, 0.15) is 16.7 Å². The number of hydrogen-bond donors (Lipinski definition) is 1. The highest BCUT2D eigenvalue weighted by atomic mass is 16.5. The molecule has 0 amide bonds. The molecule has 1 heterocycles. The molecule has 8 heteroatoms. The number of carbonyl (C=O) groups is 2. The maximum Gasteiger partial charge on any atom is 0.354 e. The van der Waals surface area contributed by atoms with Gasteiger partial charge in [0.15, 0.2) is 11.5 Å². The predicted octanol–water partition coefficient (Wildman–Crippen LogP) is 2.95. The minimum Gasteiger partial charge on any atom is -0.493 e. The Balaban J connectivity index is 1.59. The Kier molecular flexibility index (Phi) is 8.32. The topological polar surface area (TPSA) is 86.3 Å². The molecular formula is C25H30N2O6. The molecule has 3 rings (SSSR count). The number of benzene rings is 2. The number of fused-ring (bicyclic) bond motifs is 1. The Labute approximate surface area is 194 Å². The van der Waals surface area contributed by atoms with Crippen LogP contribution in [0.15, 0.2) is 48.2 Å². The Morgan fingerprint density at radius 1 is 0.970 bits per heavy atom. The molecule has 0 aromatic heterocycles. The Morgan fingerprint density at radius 2 is 1.64 bits per heavy atom. The number of esters is 2. The molecule has 1 aliphatic heterocycles. The van der Waals surface area contributed by atoms with Crippen molar-refractivity contribution >= 4 is 17.6 Å². The van der Waals surface area contributed by atoms with E-state index in [9.17, 15) is 9.59 Å². The zero-order valence-corrected chi connectivity index (χ0v) is 19.5. The van der Waals surface area contributed by atoms with Crippen LogP contribution in [-0.2, 0) is 38.4 Å². The molecule has 176 valence electrons. The van der Waals surface area contributed by atoms with Gasteiger partial charge in [-0.25, -0.2) is 9.59 Å². The zero-order chi connectivity index (χ0) is 23.8. The Hall–Kier alpha value is -3.52. The Morgan fingerprint density at radius 3 is 2.24 bits per heavy atom. The van der Waals surface area contributed by atoms with E-state index in [0.29, 0.717) is 5.69 Å². The van der Waals surface area contributed by atoms with Crippen molar-refractivity contribution in [3.63, 3.8) is 0 Å². The minimum atomic E-state index is -0.649. The van der Waals surface area contributed by atoms with Crippen molar-refractivity contribution in [3.05, 3.63) is 64.9 Å². The molecule has 0 spiro atoms. The standard InChI is InChI=1S/C25H30N2O6/c1-30-22-13-18-10-12-27(16-19(18)14-23(22)31-2)11-9-17-5-7-20(8-6-17)26-21(25(29)33-4)15-24(28)32-3/h5-8,13-15,26H,9-12,16H2,1-4H3/b21-15+. The van der Waals surface area contributed by atoms with Crippen molar-refractivity contribution < 1.29 is 28.5 Å². The summed E-state index contributed by atoms with van der Waals surface area (Å²) in [6.45, 7) is 2.79. The molecule has 1 aliphatic rings. The summed E-state index contributed by atoms with van der Waals surface area (Å²) in [6.07, 6.45) is 2.94. The van der Waals surface area contributed by atoms with E-state index in [1.54, 1.807) is 14.2 Å². The maximum absolute atomic E-state index is 11.9. The van der Waals surface area contributed by atoms with Crippen molar-refractivity contribution in [3.8, 4) is 11.5 Å². The smallest absolute Gasteiger partial charge is 0.354 e. The van der Waals surface area contributed by atoms with Crippen LogP contribution in [0, 0.1) is 0 Å². The monoisotopic (exact) mass is 454 g/mol. The summed E-state index contributed by atoms with van der Waals surface area (Å²) in [7, 11) is 5.81. The summed E-state index contributed by atoms with van der Waals surface area (Å²) in [5.74, 6) is 0.242. The molecule has 0 aliphatic carbocycles. The predicted molar refractivity (Wildman–Crippen MR) is 124 cm³/mol. The van der Waals surface area contributed by atoms with Crippen molar-refractivity contribution in [2.24, 2.45) is 0 Å². The van der Waals surface area contributed by atoms with Crippen molar-refractivity contribution in [1.29, 1.82) is 0 Å². The van der Waals surface area contributed by atoms with Crippen LogP contribution >= 0.6 is 0 Å². The lowest BCUT2D eigenvalue weighted by Crippen LogP contribution is -2.32. The lowest BCUT2D eigenvalue weighted by atomic mass is 9.98.